The largest absolute Gasteiger partial charge is 0.351 e. The lowest BCUT2D eigenvalue weighted by atomic mass is 9.95. The van der Waals surface area contributed by atoms with Gasteiger partial charge in [0, 0.05) is 4.90 Å². The third kappa shape index (κ3) is 5.66. The van der Waals surface area contributed by atoms with Gasteiger partial charge in [0.2, 0.25) is 0 Å². The Morgan fingerprint density at radius 2 is 1.19 bits per heavy atom. The van der Waals surface area contributed by atoms with Crippen molar-refractivity contribution in [3.8, 4) is 0 Å². The fraction of sp³-hybridized carbons (Fsp3) is 0.739. The Balaban J connectivity index is 1.57. The summed E-state index contributed by atoms with van der Waals surface area (Å²) >= 11 is 0. The summed E-state index contributed by atoms with van der Waals surface area (Å²) in [7, 11) is -1.03. The average Bonchev–Trinajstić information content (AvgIpc) is 3.36. The van der Waals surface area contributed by atoms with Gasteiger partial charge in [-0.05, 0) is 31.9 Å². The highest BCUT2D eigenvalue weighted by Crippen LogP contribution is 2.48. The molecule has 1 aliphatic carbocycles. The van der Waals surface area contributed by atoms with Crippen LogP contribution in [0.5, 0.6) is 0 Å². The maximum absolute atomic E-state index is 13.0. The van der Waals surface area contributed by atoms with Gasteiger partial charge in [-0.25, -0.2) is 0 Å². The zero-order valence-corrected chi connectivity index (χ0v) is 17.3. The van der Waals surface area contributed by atoms with Gasteiger partial charge in [0.15, 0.2) is 5.44 Å². The van der Waals surface area contributed by atoms with Gasteiger partial charge < -0.3 is 4.74 Å². The molecule has 0 bridgehead atoms. The molecule has 1 aliphatic heterocycles. The van der Waals surface area contributed by atoms with Crippen molar-refractivity contribution in [2.45, 2.75) is 113 Å². The van der Waals surface area contributed by atoms with Crippen molar-refractivity contribution in [1.82, 2.24) is 0 Å². The molecule has 26 heavy (non-hydrogen) atoms. The first kappa shape index (κ1) is 20.1. The Bertz CT molecular complexity index is 550. The van der Waals surface area contributed by atoms with Crippen LogP contribution in [0.25, 0.3) is 0 Å². The van der Waals surface area contributed by atoms with Crippen LogP contribution in [0, 0.1) is 6.92 Å². The fourth-order valence-electron chi connectivity index (χ4n) is 4.31. The molecule has 1 aromatic carbocycles. The van der Waals surface area contributed by atoms with E-state index in [1.807, 2.05) is 12.1 Å². The summed E-state index contributed by atoms with van der Waals surface area (Å²) in [5, 5.41) is 0. The summed E-state index contributed by atoms with van der Waals surface area (Å²) in [6.07, 6.45) is 18.3. The molecule has 0 amide bonds. The molecule has 3 rings (SSSR count). The van der Waals surface area contributed by atoms with Crippen molar-refractivity contribution < 1.29 is 8.95 Å². The third-order valence-corrected chi connectivity index (χ3v) is 7.76. The van der Waals surface area contributed by atoms with Crippen LogP contribution in [0.1, 0.15) is 95.5 Å². The molecule has 1 saturated carbocycles. The molecule has 0 aromatic heterocycles. The van der Waals surface area contributed by atoms with E-state index in [0.29, 0.717) is 0 Å². The molecule has 1 aromatic rings. The van der Waals surface area contributed by atoms with Crippen LogP contribution in [0.4, 0.5) is 0 Å². The Hall–Kier alpha value is -0.670. The van der Waals surface area contributed by atoms with Gasteiger partial charge in [0.25, 0.3) is 0 Å². The van der Waals surface area contributed by atoms with Crippen molar-refractivity contribution in [2.24, 2.45) is 0 Å². The van der Waals surface area contributed by atoms with E-state index in [0.717, 1.165) is 17.7 Å². The second kappa shape index (κ2) is 10.0. The minimum absolute atomic E-state index is 0.0825. The van der Waals surface area contributed by atoms with Crippen molar-refractivity contribution >= 4 is 10.8 Å². The number of hydrogen-bond acceptors (Lipinski definition) is 2. The summed E-state index contributed by atoms with van der Waals surface area (Å²) in [5.41, 5.74) is 1.03. The zero-order valence-electron chi connectivity index (χ0n) is 16.5. The average molecular weight is 377 g/mol. The van der Waals surface area contributed by atoms with Crippen LogP contribution in [-0.2, 0) is 15.5 Å². The Kier molecular flexibility index (Phi) is 7.75. The fourth-order valence-corrected chi connectivity index (χ4v) is 5.87. The molecule has 2 nitrogen and oxygen atoms in total. The molecular weight excluding hydrogens is 340 g/mol. The lowest BCUT2D eigenvalue weighted by molar-refractivity contribution is 0.259. The minimum Gasteiger partial charge on any atom is -0.351 e. The van der Waals surface area contributed by atoms with E-state index < -0.39 is 10.8 Å². The number of ether oxygens (including phenoxy) is 1. The first-order chi connectivity index (χ1) is 12.7. The SMILES string of the molecule is Cc1ccc(S(=O)C2OC23CCCCCCCCCCCCCC3)cc1. The Morgan fingerprint density at radius 3 is 1.65 bits per heavy atom. The predicted octanol–water partition coefficient (Wildman–Crippen LogP) is 6.67. The summed E-state index contributed by atoms with van der Waals surface area (Å²) in [6.45, 7) is 2.07. The van der Waals surface area contributed by atoms with E-state index in [-0.39, 0.29) is 11.0 Å². The van der Waals surface area contributed by atoms with Crippen LogP contribution in [0.2, 0.25) is 0 Å². The molecule has 146 valence electrons. The third-order valence-electron chi connectivity index (χ3n) is 6.11. The molecule has 0 N–H and O–H groups in total. The van der Waals surface area contributed by atoms with Gasteiger partial charge in [-0.15, -0.1) is 0 Å². The first-order valence-electron chi connectivity index (χ1n) is 10.9. The smallest absolute Gasteiger partial charge is 0.166 e. The Morgan fingerprint density at radius 1 is 0.769 bits per heavy atom. The van der Waals surface area contributed by atoms with E-state index in [9.17, 15) is 4.21 Å². The first-order valence-corrected chi connectivity index (χ1v) is 12.1. The normalized spacial score (nSPS) is 26.6. The highest BCUT2D eigenvalue weighted by molar-refractivity contribution is 7.85. The zero-order chi connectivity index (χ0) is 18.2. The van der Waals surface area contributed by atoms with E-state index in [2.05, 4.69) is 19.1 Å². The monoisotopic (exact) mass is 376 g/mol. The maximum Gasteiger partial charge on any atom is 0.166 e. The van der Waals surface area contributed by atoms with Crippen LogP contribution in [0.15, 0.2) is 29.2 Å². The van der Waals surface area contributed by atoms with Crippen LogP contribution in [-0.4, -0.2) is 15.2 Å². The predicted molar refractivity (Wildman–Crippen MR) is 110 cm³/mol. The standard InChI is InChI=1S/C23H36O2S/c1-20-14-16-21(17-15-20)26(24)22-23(25-22)18-12-10-8-6-4-2-3-5-7-9-11-13-19-23/h14-17,22H,2-13,18-19H2,1H3. The van der Waals surface area contributed by atoms with E-state index in [1.165, 1.54) is 82.6 Å². The van der Waals surface area contributed by atoms with Crippen LogP contribution >= 0.6 is 0 Å². The van der Waals surface area contributed by atoms with Gasteiger partial charge in [0.1, 0.15) is 5.60 Å². The number of rotatable bonds is 2. The lowest BCUT2D eigenvalue weighted by Gasteiger charge is -2.13. The second-order valence-electron chi connectivity index (χ2n) is 8.37. The summed E-state index contributed by atoms with van der Waals surface area (Å²) < 4.78 is 19.2. The molecule has 2 fully saturated rings. The van der Waals surface area contributed by atoms with Gasteiger partial charge in [-0.3, -0.25) is 4.21 Å². The minimum atomic E-state index is -1.03. The number of aryl methyl sites for hydroxylation is 1. The molecule has 0 radical (unpaired) electrons. The summed E-state index contributed by atoms with van der Waals surface area (Å²) in [4.78, 5) is 0.924. The topological polar surface area (TPSA) is 29.6 Å². The van der Waals surface area contributed by atoms with Gasteiger partial charge in [-0.2, -0.15) is 0 Å². The van der Waals surface area contributed by atoms with Crippen molar-refractivity contribution in [2.75, 3.05) is 0 Å². The highest BCUT2D eigenvalue weighted by atomic mass is 32.2. The van der Waals surface area contributed by atoms with Crippen molar-refractivity contribution in [3.63, 3.8) is 0 Å². The van der Waals surface area contributed by atoms with Gasteiger partial charge in [-0.1, -0.05) is 94.7 Å². The number of hydrogen-bond donors (Lipinski definition) is 0. The molecule has 2 atom stereocenters. The molecule has 2 aliphatic rings. The molecule has 1 spiro atoms. The second-order valence-corrected chi connectivity index (χ2v) is 9.86. The van der Waals surface area contributed by atoms with E-state index in [4.69, 9.17) is 4.74 Å². The summed E-state index contributed by atoms with van der Waals surface area (Å²) in [6, 6.07) is 8.12. The summed E-state index contributed by atoms with van der Waals surface area (Å²) in [5.74, 6) is 0. The van der Waals surface area contributed by atoms with Crippen molar-refractivity contribution in [3.05, 3.63) is 29.8 Å². The van der Waals surface area contributed by atoms with Crippen LogP contribution in [0.3, 0.4) is 0 Å². The lowest BCUT2D eigenvalue weighted by Crippen LogP contribution is -2.18. The maximum atomic E-state index is 13.0. The molecule has 3 heteroatoms. The molecule has 1 saturated heterocycles. The molecular formula is C23H36O2S. The van der Waals surface area contributed by atoms with Gasteiger partial charge in [0.05, 0.1) is 10.8 Å². The van der Waals surface area contributed by atoms with E-state index in [1.54, 1.807) is 0 Å². The van der Waals surface area contributed by atoms with Crippen molar-refractivity contribution in [1.29, 1.82) is 0 Å². The van der Waals surface area contributed by atoms with E-state index >= 15 is 0 Å². The number of benzene rings is 1. The van der Waals surface area contributed by atoms with Gasteiger partial charge >= 0.3 is 0 Å². The molecule has 1 heterocycles. The quantitative estimate of drug-likeness (QED) is 0.539. The van der Waals surface area contributed by atoms with Crippen LogP contribution < -0.4 is 0 Å². The molecule has 2 unspecified atom stereocenters. The Labute approximate surface area is 162 Å². The highest BCUT2D eigenvalue weighted by Gasteiger charge is 2.58. The number of epoxide rings is 1.